The molecule has 0 saturated carbocycles. The summed E-state index contributed by atoms with van der Waals surface area (Å²) < 4.78 is 0. The van der Waals surface area contributed by atoms with Crippen molar-refractivity contribution in [3.05, 3.63) is 59.7 Å². The first-order chi connectivity index (χ1) is 10.7. The molecule has 3 rings (SSSR count). The van der Waals surface area contributed by atoms with Crippen molar-refractivity contribution >= 4 is 0 Å². The van der Waals surface area contributed by atoms with E-state index < -0.39 is 0 Å². The van der Waals surface area contributed by atoms with E-state index >= 15 is 0 Å². The average Bonchev–Trinajstić information content (AvgIpc) is 2.56. The Bertz CT molecular complexity index is 595. The van der Waals surface area contributed by atoms with Crippen LogP contribution in [-0.4, -0.2) is 13.1 Å². The van der Waals surface area contributed by atoms with Crippen LogP contribution in [-0.2, 0) is 6.42 Å². The van der Waals surface area contributed by atoms with Crippen LogP contribution in [0.2, 0.25) is 0 Å². The molecule has 0 unspecified atom stereocenters. The van der Waals surface area contributed by atoms with Crippen LogP contribution >= 0.6 is 0 Å². The smallest absolute Gasteiger partial charge is 0.00462 e. The lowest BCUT2D eigenvalue weighted by Gasteiger charge is -2.23. The molecule has 1 fully saturated rings. The zero-order valence-corrected chi connectivity index (χ0v) is 13.8. The maximum Gasteiger partial charge on any atom is -0.00462 e. The summed E-state index contributed by atoms with van der Waals surface area (Å²) in [5.74, 6) is 1.40. The summed E-state index contributed by atoms with van der Waals surface area (Å²) in [6, 6.07) is 18.0. The van der Waals surface area contributed by atoms with E-state index in [2.05, 4.69) is 67.7 Å². The molecule has 0 bridgehead atoms. The summed E-state index contributed by atoms with van der Waals surface area (Å²) in [4.78, 5) is 0. The second-order valence-electron chi connectivity index (χ2n) is 6.84. The van der Waals surface area contributed by atoms with Gasteiger partial charge in [-0.2, -0.15) is 0 Å². The molecular formula is C21H27N. The zero-order chi connectivity index (χ0) is 15.4. The van der Waals surface area contributed by atoms with E-state index in [1.807, 2.05) is 0 Å². The highest BCUT2D eigenvalue weighted by Crippen LogP contribution is 2.31. The SMILES string of the molecule is CC(C)c1ccc(CC2CCNCC2)cc1-c1ccccc1. The van der Waals surface area contributed by atoms with Gasteiger partial charge in [0.05, 0.1) is 0 Å². The van der Waals surface area contributed by atoms with Crippen LogP contribution in [0.25, 0.3) is 11.1 Å². The van der Waals surface area contributed by atoms with E-state index in [1.54, 1.807) is 0 Å². The van der Waals surface area contributed by atoms with Gasteiger partial charge in [-0.3, -0.25) is 0 Å². The van der Waals surface area contributed by atoms with Crippen molar-refractivity contribution in [3.63, 3.8) is 0 Å². The van der Waals surface area contributed by atoms with E-state index in [9.17, 15) is 0 Å². The Morgan fingerprint density at radius 2 is 1.73 bits per heavy atom. The predicted molar refractivity (Wildman–Crippen MR) is 95.3 cm³/mol. The number of benzene rings is 2. The molecule has 1 nitrogen and oxygen atoms in total. The topological polar surface area (TPSA) is 12.0 Å². The molecule has 1 heterocycles. The summed E-state index contributed by atoms with van der Waals surface area (Å²) >= 11 is 0. The van der Waals surface area contributed by atoms with E-state index in [0.29, 0.717) is 5.92 Å². The maximum absolute atomic E-state index is 3.46. The minimum Gasteiger partial charge on any atom is -0.317 e. The van der Waals surface area contributed by atoms with E-state index in [1.165, 1.54) is 54.6 Å². The molecular weight excluding hydrogens is 266 g/mol. The second kappa shape index (κ2) is 7.11. The first-order valence-corrected chi connectivity index (χ1v) is 8.63. The highest BCUT2D eigenvalue weighted by atomic mass is 14.9. The van der Waals surface area contributed by atoms with Crippen LogP contribution in [0, 0.1) is 5.92 Å². The Labute approximate surface area is 134 Å². The van der Waals surface area contributed by atoms with Crippen LogP contribution in [0.1, 0.15) is 43.7 Å². The molecule has 0 aromatic heterocycles. The fraction of sp³-hybridized carbons (Fsp3) is 0.429. The van der Waals surface area contributed by atoms with E-state index in [-0.39, 0.29) is 0 Å². The monoisotopic (exact) mass is 293 g/mol. The third-order valence-corrected chi connectivity index (χ3v) is 4.81. The number of rotatable bonds is 4. The Morgan fingerprint density at radius 1 is 1.00 bits per heavy atom. The third-order valence-electron chi connectivity index (χ3n) is 4.81. The van der Waals surface area contributed by atoms with Crippen molar-refractivity contribution in [2.24, 2.45) is 5.92 Å². The Morgan fingerprint density at radius 3 is 2.41 bits per heavy atom. The van der Waals surface area contributed by atoms with Gasteiger partial charge in [-0.25, -0.2) is 0 Å². The molecule has 2 aromatic rings. The van der Waals surface area contributed by atoms with Gasteiger partial charge in [0.25, 0.3) is 0 Å². The lowest BCUT2D eigenvalue weighted by Crippen LogP contribution is -2.28. The number of piperidine rings is 1. The largest absolute Gasteiger partial charge is 0.317 e. The van der Waals surface area contributed by atoms with Crippen molar-refractivity contribution in [2.45, 2.75) is 39.0 Å². The van der Waals surface area contributed by atoms with Gasteiger partial charge < -0.3 is 5.32 Å². The normalized spacial score (nSPS) is 16.1. The summed E-state index contributed by atoms with van der Waals surface area (Å²) in [5.41, 5.74) is 5.72. The standard InChI is InChI=1S/C21H27N/c1-16(2)20-9-8-18(14-17-10-12-22-13-11-17)15-21(20)19-6-4-3-5-7-19/h3-9,15-17,22H,10-14H2,1-2H3. The first kappa shape index (κ1) is 15.3. The summed E-state index contributed by atoms with van der Waals surface area (Å²) in [6.07, 6.45) is 3.85. The van der Waals surface area contributed by atoms with E-state index in [0.717, 1.165) is 5.92 Å². The van der Waals surface area contributed by atoms with Gasteiger partial charge in [0.2, 0.25) is 0 Å². The van der Waals surface area contributed by atoms with Crippen LogP contribution in [0.15, 0.2) is 48.5 Å². The third kappa shape index (κ3) is 3.59. The van der Waals surface area contributed by atoms with Crippen LogP contribution in [0.3, 0.4) is 0 Å². The molecule has 2 aromatic carbocycles. The molecule has 1 N–H and O–H groups in total. The van der Waals surface area contributed by atoms with Gasteiger partial charge in [-0.15, -0.1) is 0 Å². The lowest BCUT2D eigenvalue weighted by molar-refractivity contribution is 0.372. The van der Waals surface area contributed by atoms with Gasteiger partial charge >= 0.3 is 0 Å². The highest BCUT2D eigenvalue weighted by Gasteiger charge is 2.15. The van der Waals surface area contributed by atoms with Crippen LogP contribution in [0.4, 0.5) is 0 Å². The Hall–Kier alpha value is -1.60. The van der Waals surface area contributed by atoms with Gasteiger partial charge in [-0.1, -0.05) is 62.4 Å². The van der Waals surface area contributed by atoms with Crippen molar-refractivity contribution in [3.8, 4) is 11.1 Å². The molecule has 0 aliphatic carbocycles. The van der Waals surface area contributed by atoms with Gasteiger partial charge in [-0.05, 0) is 66.4 Å². The van der Waals surface area contributed by atoms with Crippen molar-refractivity contribution < 1.29 is 0 Å². The summed E-state index contributed by atoms with van der Waals surface area (Å²) in [6.45, 7) is 6.93. The molecule has 0 atom stereocenters. The maximum atomic E-state index is 3.46. The van der Waals surface area contributed by atoms with Gasteiger partial charge in [0.1, 0.15) is 0 Å². The van der Waals surface area contributed by atoms with E-state index in [4.69, 9.17) is 0 Å². The first-order valence-electron chi connectivity index (χ1n) is 8.63. The van der Waals surface area contributed by atoms with Crippen molar-refractivity contribution in [1.82, 2.24) is 5.32 Å². The van der Waals surface area contributed by atoms with Gasteiger partial charge in [0.15, 0.2) is 0 Å². The summed E-state index contributed by atoms with van der Waals surface area (Å²) in [7, 11) is 0. The molecule has 1 aliphatic heterocycles. The van der Waals surface area contributed by atoms with Crippen LogP contribution < -0.4 is 5.32 Å². The molecule has 22 heavy (non-hydrogen) atoms. The number of hydrogen-bond acceptors (Lipinski definition) is 1. The Kier molecular flexibility index (Phi) is 4.94. The Balaban J connectivity index is 1.90. The molecule has 0 amide bonds. The minimum absolute atomic E-state index is 0.558. The second-order valence-corrected chi connectivity index (χ2v) is 6.84. The fourth-order valence-corrected chi connectivity index (χ4v) is 3.52. The highest BCUT2D eigenvalue weighted by molar-refractivity contribution is 5.68. The molecule has 116 valence electrons. The number of hydrogen-bond donors (Lipinski definition) is 1. The lowest BCUT2D eigenvalue weighted by atomic mass is 9.86. The van der Waals surface area contributed by atoms with Crippen LogP contribution in [0.5, 0.6) is 0 Å². The van der Waals surface area contributed by atoms with Crippen molar-refractivity contribution in [1.29, 1.82) is 0 Å². The quantitative estimate of drug-likeness (QED) is 0.834. The predicted octanol–water partition coefficient (Wildman–Crippen LogP) is 5.02. The fourth-order valence-electron chi connectivity index (χ4n) is 3.52. The zero-order valence-electron chi connectivity index (χ0n) is 13.8. The molecule has 0 spiro atoms. The molecule has 0 radical (unpaired) electrons. The average molecular weight is 293 g/mol. The molecule has 1 saturated heterocycles. The molecule has 1 heteroatoms. The number of nitrogens with one attached hydrogen (secondary N) is 1. The van der Waals surface area contributed by atoms with Crippen molar-refractivity contribution in [2.75, 3.05) is 13.1 Å². The van der Waals surface area contributed by atoms with Gasteiger partial charge in [0, 0.05) is 0 Å². The minimum atomic E-state index is 0.558. The summed E-state index contributed by atoms with van der Waals surface area (Å²) in [5, 5.41) is 3.46. The molecule has 1 aliphatic rings.